The summed E-state index contributed by atoms with van der Waals surface area (Å²) in [4.78, 5) is 10.9. The van der Waals surface area contributed by atoms with E-state index in [1.165, 1.54) is 7.05 Å². The highest BCUT2D eigenvalue weighted by Gasteiger charge is 2.91. The van der Waals surface area contributed by atoms with Gasteiger partial charge in [0.2, 0.25) is 0 Å². The van der Waals surface area contributed by atoms with Crippen molar-refractivity contribution >= 4 is 5.91 Å². The molecule has 1 amide bonds. The molecule has 0 aromatic heterocycles. The standard InChI is InChI=1S/C11H11F13N2O/c1-25-3-2-4-26-5(27)6(12,13)7(14,15)8(16,17)9(18,19)10(20,21)11(22,23)24/h25H,2-4H2,1H3,(H,26,27). The number of halogens is 13. The summed E-state index contributed by atoms with van der Waals surface area (Å²) in [6, 6.07) is 0. The van der Waals surface area contributed by atoms with Crippen LogP contribution in [0, 0.1) is 0 Å². The molecule has 2 N–H and O–H groups in total. The molecule has 0 rings (SSSR count). The molecular weight excluding hydrogens is 423 g/mol. The van der Waals surface area contributed by atoms with Crippen LogP contribution in [0.3, 0.4) is 0 Å². The normalized spacial score (nSPS) is 15.0. The summed E-state index contributed by atoms with van der Waals surface area (Å²) < 4.78 is 166. The molecule has 27 heavy (non-hydrogen) atoms. The Kier molecular flexibility index (Phi) is 7.09. The predicted molar refractivity (Wildman–Crippen MR) is 62.3 cm³/mol. The quantitative estimate of drug-likeness (QED) is 0.431. The lowest BCUT2D eigenvalue weighted by Gasteiger charge is -2.39. The molecule has 0 aliphatic rings. The van der Waals surface area contributed by atoms with Crippen LogP contribution >= 0.6 is 0 Å². The molecule has 0 fully saturated rings. The van der Waals surface area contributed by atoms with Crippen LogP contribution in [-0.2, 0) is 4.79 Å². The molecule has 0 saturated carbocycles. The summed E-state index contributed by atoms with van der Waals surface area (Å²) >= 11 is 0. The van der Waals surface area contributed by atoms with Crippen LogP contribution in [0.5, 0.6) is 0 Å². The molecule has 0 bridgehead atoms. The molecule has 0 aromatic carbocycles. The molecule has 0 spiro atoms. The maximum absolute atomic E-state index is 13.3. The van der Waals surface area contributed by atoms with Gasteiger partial charge in [-0.3, -0.25) is 4.79 Å². The van der Waals surface area contributed by atoms with Gasteiger partial charge in [-0.2, -0.15) is 57.1 Å². The number of carbonyl (C=O) groups is 1. The van der Waals surface area contributed by atoms with Gasteiger partial charge < -0.3 is 10.6 Å². The predicted octanol–water partition coefficient (Wildman–Crippen LogP) is 3.45. The minimum Gasteiger partial charge on any atom is -0.351 e. The van der Waals surface area contributed by atoms with Crippen molar-refractivity contribution in [1.82, 2.24) is 10.6 Å². The molecule has 0 aromatic rings. The minimum atomic E-state index is -8.02. The number of hydrogen-bond donors (Lipinski definition) is 2. The summed E-state index contributed by atoms with van der Waals surface area (Å²) in [7, 11) is 1.33. The number of carbonyl (C=O) groups excluding carboxylic acids is 1. The lowest BCUT2D eigenvalue weighted by atomic mass is 9.93. The van der Waals surface area contributed by atoms with Gasteiger partial charge in [0.05, 0.1) is 0 Å². The smallest absolute Gasteiger partial charge is 0.351 e. The lowest BCUT2D eigenvalue weighted by Crippen LogP contribution is -2.72. The summed E-state index contributed by atoms with van der Waals surface area (Å²) in [5.41, 5.74) is 0. The van der Waals surface area contributed by atoms with E-state index in [1.807, 2.05) is 0 Å². The van der Waals surface area contributed by atoms with Crippen LogP contribution < -0.4 is 10.6 Å². The summed E-state index contributed by atoms with van der Waals surface area (Å²) in [6.07, 6.45) is -7.72. The fraction of sp³-hybridized carbons (Fsp3) is 0.909. The second kappa shape index (κ2) is 7.50. The van der Waals surface area contributed by atoms with Crippen LogP contribution in [0.1, 0.15) is 6.42 Å². The Hall–Kier alpha value is -1.48. The zero-order chi connectivity index (χ0) is 22.1. The molecule has 3 nitrogen and oxygen atoms in total. The van der Waals surface area contributed by atoms with Gasteiger partial charge in [0.25, 0.3) is 5.91 Å². The monoisotopic (exact) mass is 434 g/mol. The Morgan fingerprint density at radius 1 is 0.667 bits per heavy atom. The zero-order valence-electron chi connectivity index (χ0n) is 12.9. The van der Waals surface area contributed by atoms with Crippen molar-refractivity contribution in [3.63, 3.8) is 0 Å². The molecule has 16 heteroatoms. The summed E-state index contributed by atoms with van der Waals surface area (Å²) in [5, 5.41) is 3.35. The van der Waals surface area contributed by atoms with Crippen molar-refractivity contribution in [2.75, 3.05) is 20.1 Å². The fourth-order valence-electron chi connectivity index (χ4n) is 1.49. The highest BCUT2D eigenvalue weighted by atomic mass is 19.4. The Balaban J connectivity index is 5.90. The van der Waals surface area contributed by atoms with E-state index in [0.717, 1.165) is 5.32 Å². The number of alkyl halides is 13. The summed E-state index contributed by atoms with van der Waals surface area (Å²) in [6.45, 7) is -0.861. The molecule has 0 unspecified atom stereocenters. The highest BCUT2D eigenvalue weighted by Crippen LogP contribution is 2.60. The molecule has 0 aliphatic carbocycles. The number of rotatable bonds is 9. The molecule has 0 saturated heterocycles. The topological polar surface area (TPSA) is 41.1 Å². The van der Waals surface area contributed by atoms with E-state index in [4.69, 9.17) is 0 Å². The van der Waals surface area contributed by atoms with Gasteiger partial charge in [0.1, 0.15) is 0 Å². The molecule has 162 valence electrons. The zero-order valence-corrected chi connectivity index (χ0v) is 12.9. The molecule has 0 aliphatic heterocycles. The van der Waals surface area contributed by atoms with Crippen LogP contribution in [0.2, 0.25) is 0 Å². The van der Waals surface area contributed by atoms with Crippen molar-refractivity contribution in [3.05, 3.63) is 0 Å². The average Bonchev–Trinajstić information content (AvgIpc) is 2.49. The van der Waals surface area contributed by atoms with Gasteiger partial charge in [-0.15, -0.1) is 0 Å². The number of hydrogen-bond acceptors (Lipinski definition) is 2. The van der Waals surface area contributed by atoms with Crippen LogP contribution in [-0.4, -0.2) is 61.8 Å². The van der Waals surface area contributed by atoms with E-state index < -0.39 is 48.2 Å². The maximum Gasteiger partial charge on any atom is 0.460 e. The van der Waals surface area contributed by atoms with Gasteiger partial charge in [-0.25, -0.2) is 0 Å². The van der Waals surface area contributed by atoms with Gasteiger partial charge in [-0.05, 0) is 20.0 Å². The van der Waals surface area contributed by atoms with Gasteiger partial charge in [-0.1, -0.05) is 0 Å². The van der Waals surface area contributed by atoms with Crippen molar-refractivity contribution in [2.24, 2.45) is 0 Å². The Labute approximate surface area is 142 Å². The van der Waals surface area contributed by atoms with Gasteiger partial charge >= 0.3 is 35.8 Å². The van der Waals surface area contributed by atoms with Crippen molar-refractivity contribution < 1.29 is 61.9 Å². The Morgan fingerprint density at radius 2 is 1.07 bits per heavy atom. The van der Waals surface area contributed by atoms with Crippen molar-refractivity contribution in [3.8, 4) is 0 Å². The molecule has 0 heterocycles. The van der Waals surface area contributed by atoms with E-state index in [1.54, 1.807) is 0 Å². The Morgan fingerprint density at radius 3 is 1.44 bits per heavy atom. The lowest BCUT2D eigenvalue weighted by molar-refractivity contribution is -0.436. The van der Waals surface area contributed by atoms with E-state index in [-0.39, 0.29) is 13.0 Å². The first-order valence-electron chi connectivity index (χ1n) is 6.62. The highest BCUT2D eigenvalue weighted by molar-refractivity contribution is 5.84. The van der Waals surface area contributed by atoms with Crippen LogP contribution in [0.4, 0.5) is 57.1 Å². The minimum absolute atomic E-state index is 0.00567. The average molecular weight is 434 g/mol. The van der Waals surface area contributed by atoms with Gasteiger partial charge in [0, 0.05) is 6.54 Å². The molecule has 0 atom stereocenters. The SMILES string of the molecule is CNCCCNC(=O)C(F)(F)C(F)(F)C(F)(F)C(F)(F)C(F)(F)C(F)(F)F. The largest absolute Gasteiger partial charge is 0.460 e. The Bertz CT molecular complexity index is 529. The van der Waals surface area contributed by atoms with Crippen molar-refractivity contribution in [1.29, 1.82) is 0 Å². The number of amides is 1. The second-order valence-electron chi connectivity index (χ2n) is 5.08. The summed E-state index contributed by atoms with van der Waals surface area (Å²) in [5.74, 6) is -41.4. The number of nitrogens with one attached hydrogen (secondary N) is 2. The molecular formula is C11H11F13N2O. The van der Waals surface area contributed by atoms with E-state index in [2.05, 4.69) is 5.32 Å². The third-order valence-electron chi connectivity index (χ3n) is 3.11. The first kappa shape index (κ1) is 25.5. The maximum atomic E-state index is 13.3. The first-order valence-corrected chi connectivity index (χ1v) is 6.62. The molecule has 0 radical (unpaired) electrons. The fourth-order valence-corrected chi connectivity index (χ4v) is 1.49. The third kappa shape index (κ3) is 4.03. The first-order chi connectivity index (χ1) is 11.7. The van der Waals surface area contributed by atoms with E-state index in [0.29, 0.717) is 0 Å². The van der Waals surface area contributed by atoms with Crippen LogP contribution in [0.15, 0.2) is 0 Å². The third-order valence-corrected chi connectivity index (χ3v) is 3.11. The second-order valence-corrected chi connectivity index (χ2v) is 5.08. The van der Waals surface area contributed by atoms with E-state index >= 15 is 0 Å². The van der Waals surface area contributed by atoms with Crippen LogP contribution in [0.25, 0.3) is 0 Å². The van der Waals surface area contributed by atoms with Crippen molar-refractivity contribution in [2.45, 2.75) is 42.2 Å². The van der Waals surface area contributed by atoms with E-state index in [9.17, 15) is 61.9 Å². The van der Waals surface area contributed by atoms with Gasteiger partial charge in [0.15, 0.2) is 0 Å².